The van der Waals surface area contributed by atoms with E-state index in [-0.39, 0.29) is 0 Å². The summed E-state index contributed by atoms with van der Waals surface area (Å²) in [5.41, 5.74) is 4.85. The molecule has 0 amide bonds. The van der Waals surface area contributed by atoms with Crippen molar-refractivity contribution in [1.29, 1.82) is 0 Å². The first kappa shape index (κ1) is 15.9. The number of anilines is 1. The Kier molecular flexibility index (Phi) is 4.02. The van der Waals surface area contributed by atoms with Crippen molar-refractivity contribution < 1.29 is 0 Å². The van der Waals surface area contributed by atoms with Crippen molar-refractivity contribution in [2.75, 3.05) is 5.32 Å². The van der Waals surface area contributed by atoms with Crippen molar-refractivity contribution in [3.63, 3.8) is 0 Å². The van der Waals surface area contributed by atoms with E-state index < -0.39 is 0 Å². The van der Waals surface area contributed by atoms with E-state index in [4.69, 9.17) is 9.97 Å². The zero-order chi connectivity index (χ0) is 18.1. The number of rotatable bonds is 3. The Morgan fingerprint density at radius 3 is 2.48 bits per heavy atom. The van der Waals surface area contributed by atoms with E-state index in [1.807, 2.05) is 30.3 Å². The lowest BCUT2D eigenvalue weighted by Crippen LogP contribution is -2.28. The number of benzene rings is 2. The zero-order valence-electron chi connectivity index (χ0n) is 15.0. The third-order valence-corrected chi connectivity index (χ3v) is 5.23. The van der Waals surface area contributed by atoms with Gasteiger partial charge in [-0.1, -0.05) is 36.4 Å². The lowest BCUT2D eigenvalue weighted by atomic mass is 9.88. The van der Waals surface area contributed by atoms with Gasteiger partial charge >= 0.3 is 0 Å². The number of nitrogens with zero attached hydrogens (tertiary/aromatic N) is 3. The van der Waals surface area contributed by atoms with Crippen LogP contribution in [0.25, 0.3) is 22.3 Å². The predicted molar refractivity (Wildman–Crippen MR) is 109 cm³/mol. The first-order valence-electron chi connectivity index (χ1n) is 9.37. The van der Waals surface area contributed by atoms with E-state index in [9.17, 15) is 0 Å². The van der Waals surface area contributed by atoms with Crippen LogP contribution < -0.4 is 5.32 Å². The minimum atomic E-state index is 0.378. The SMILES string of the molecule is c1ccc2c(c1)CCC(Nc1nc(-c3ccncc3)nc3ccccc13)C2. The second kappa shape index (κ2) is 6.80. The van der Waals surface area contributed by atoms with Crippen molar-refractivity contribution in [2.24, 2.45) is 0 Å². The highest BCUT2D eigenvalue weighted by Gasteiger charge is 2.20. The lowest BCUT2D eigenvalue weighted by molar-refractivity contribution is 0.609. The predicted octanol–water partition coefficient (Wildman–Crippen LogP) is 4.66. The molecule has 0 fully saturated rings. The van der Waals surface area contributed by atoms with Crippen molar-refractivity contribution in [1.82, 2.24) is 15.0 Å². The molecule has 4 aromatic rings. The van der Waals surface area contributed by atoms with Gasteiger partial charge in [0.2, 0.25) is 0 Å². The summed E-state index contributed by atoms with van der Waals surface area (Å²) < 4.78 is 0. The standard InChI is InChI=1S/C23H20N4/c1-2-6-18-15-19(10-9-16(18)5-1)25-23-20-7-3-4-8-21(20)26-22(27-23)17-11-13-24-14-12-17/h1-8,11-14,19H,9-10,15H2,(H,25,26,27). The summed E-state index contributed by atoms with van der Waals surface area (Å²) in [6.45, 7) is 0. The second-order valence-electron chi connectivity index (χ2n) is 7.00. The fourth-order valence-electron chi connectivity index (χ4n) is 3.83. The van der Waals surface area contributed by atoms with Crippen LogP contribution in [0.15, 0.2) is 73.1 Å². The number of hydrogen-bond acceptors (Lipinski definition) is 4. The highest BCUT2D eigenvalue weighted by Crippen LogP contribution is 2.28. The zero-order valence-corrected chi connectivity index (χ0v) is 15.0. The Morgan fingerprint density at radius 2 is 1.59 bits per heavy atom. The maximum atomic E-state index is 4.87. The molecule has 0 saturated heterocycles. The number of hydrogen-bond donors (Lipinski definition) is 1. The number of fused-ring (bicyclic) bond motifs is 2. The maximum absolute atomic E-state index is 4.87. The lowest BCUT2D eigenvalue weighted by Gasteiger charge is -2.26. The molecule has 1 atom stereocenters. The molecule has 0 radical (unpaired) electrons. The summed E-state index contributed by atoms with van der Waals surface area (Å²) in [4.78, 5) is 13.7. The Bertz CT molecular complexity index is 1090. The van der Waals surface area contributed by atoms with E-state index in [1.54, 1.807) is 12.4 Å². The van der Waals surface area contributed by atoms with Crippen LogP contribution in [-0.4, -0.2) is 21.0 Å². The Balaban J connectivity index is 1.53. The van der Waals surface area contributed by atoms with Crippen LogP contribution >= 0.6 is 0 Å². The molecule has 4 nitrogen and oxygen atoms in total. The van der Waals surface area contributed by atoms with Crippen LogP contribution in [0, 0.1) is 0 Å². The number of para-hydroxylation sites is 1. The molecular formula is C23H20N4. The van der Waals surface area contributed by atoms with Crippen molar-refractivity contribution in [3.05, 3.63) is 84.2 Å². The number of pyridine rings is 1. The van der Waals surface area contributed by atoms with Crippen LogP contribution in [0.5, 0.6) is 0 Å². The molecule has 0 aliphatic heterocycles. The molecule has 5 rings (SSSR count). The first-order chi connectivity index (χ1) is 13.4. The first-order valence-corrected chi connectivity index (χ1v) is 9.37. The van der Waals surface area contributed by atoms with Gasteiger partial charge in [0.1, 0.15) is 5.82 Å². The summed E-state index contributed by atoms with van der Waals surface area (Å²) in [7, 11) is 0. The molecule has 1 aliphatic carbocycles. The number of nitrogens with one attached hydrogen (secondary N) is 1. The van der Waals surface area contributed by atoms with Gasteiger partial charge in [0.15, 0.2) is 5.82 Å². The van der Waals surface area contributed by atoms with Gasteiger partial charge in [-0.3, -0.25) is 4.98 Å². The van der Waals surface area contributed by atoms with E-state index in [0.717, 1.165) is 47.4 Å². The van der Waals surface area contributed by atoms with Gasteiger partial charge in [-0.05, 0) is 54.7 Å². The number of aryl methyl sites for hydroxylation is 1. The average molecular weight is 352 g/mol. The van der Waals surface area contributed by atoms with Crippen molar-refractivity contribution in [2.45, 2.75) is 25.3 Å². The minimum absolute atomic E-state index is 0.378. The molecule has 4 heteroatoms. The summed E-state index contributed by atoms with van der Waals surface area (Å²) in [6.07, 6.45) is 6.80. The van der Waals surface area contributed by atoms with Gasteiger partial charge in [0.05, 0.1) is 5.52 Å². The molecule has 27 heavy (non-hydrogen) atoms. The van der Waals surface area contributed by atoms with Gasteiger partial charge in [-0.25, -0.2) is 9.97 Å². The highest BCUT2D eigenvalue weighted by atomic mass is 15.1. The Hall–Kier alpha value is -3.27. The third-order valence-electron chi connectivity index (χ3n) is 5.23. The fourth-order valence-corrected chi connectivity index (χ4v) is 3.83. The topological polar surface area (TPSA) is 50.7 Å². The van der Waals surface area contributed by atoms with Gasteiger partial charge in [-0.2, -0.15) is 0 Å². The maximum Gasteiger partial charge on any atom is 0.162 e. The summed E-state index contributed by atoms with van der Waals surface area (Å²) in [5.74, 6) is 1.65. The molecule has 1 unspecified atom stereocenters. The number of aromatic nitrogens is 3. The van der Waals surface area contributed by atoms with Crippen LogP contribution in [0.1, 0.15) is 17.5 Å². The summed E-state index contributed by atoms with van der Waals surface area (Å²) in [6, 6.07) is 21.2. The monoisotopic (exact) mass is 352 g/mol. The molecule has 0 saturated carbocycles. The van der Waals surface area contributed by atoms with Crippen LogP contribution in [0.3, 0.4) is 0 Å². The van der Waals surface area contributed by atoms with Gasteiger partial charge in [0, 0.05) is 29.4 Å². The van der Waals surface area contributed by atoms with E-state index >= 15 is 0 Å². The van der Waals surface area contributed by atoms with E-state index in [1.165, 1.54) is 11.1 Å². The largest absolute Gasteiger partial charge is 0.366 e. The van der Waals surface area contributed by atoms with E-state index in [2.05, 4.69) is 40.6 Å². The molecule has 2 aromatic carbocycles. The van der Waals surface area contributed by atoms with Crippen LogP contribution in [-0.2, 0) is 12.8 Å². The van der Waals surface area contributed by atoms with Gasteiger partial charge in [-0.15, -0.1) is 0 Å². The normalized spacial score (nSPS) is 16.1. The summed E-state index contributed by atoms with van der Waals surface area (Å²) in [5, 5.41) is 4.77. The quantitative estimate of drug-likeness (QED) is 0.582. The van der Waals surface area contributed by atoms with Crippen molar-refractivity contribution >= 4 is 16.7 Å². The van der Waals surface area contributed by atoms with Crippen LogP contribution in [0.4, 0.5) is 5.82 Å². The minimum Gasteiger partial charge on any atom is -0.366 e. The molecule has 1 aliphatic rings. The summed E-state index contributed by atoms with van der Waals surface area (Å²) >= 11 is 0. The Labute approximate surface area is 158 Å². The third kappa shape index (κ3) is 3.14. The van der Waals surface area contributed by atoms with E-state index in [0.29, 0.717) is 6.04 Å². The molecule has 132 valence electrons. The second-order valence-corrected chi connectivity index (χ2v) is 7.00. The van der Waals surface area contributed by atoms with Gasteiger partial charge in [0.25, 0.3) is 0 Å². The average Bonchev–Trinajstić information content (AvgIpc) is 2.74. The Morgan fingerprint density at radius 1 is 0.815 bits per heavy atom. The molecule has 2 heterocycles. The molecule has 0 spiro atoms. The molecule has 2 aromatic heterocycles. The molecule has 1 N–H and O–H groups in total. The highest BCUT2D eigenvalue weighted by molar-refractivity contribution is 5.90. The molecular weight excluding hydrogens is 332 g/mol. The fraction of sp³-hybridized carbons (Fsp3) is 0.174. The van der Waals surface area contributed by atoms with Gasteiger partial charge < -0.3 is 5.32 Å². The molecule has 0 bridgehead atoms. The van der Waals surface area contributed by atoms with Crippen LogP contribution in [0.2, 0.25) is 0 Å². The smallest absolute Gasteiger partial charge is 0.162 e. The van der Waals surface area contributed by atoms with Crippen molar-refractivity contribution in [3.8, 4) is 11.4 Å².